The maximum Gasteiger partial charge on any atom is 0.191 e. The average Bonchev–Trinajstić information content (AvgIpc) is 3.05. The summed E-state index contributed by atoms with van der Waals surface area (Å²) in [5.74, 6) is 0.765. The van der Waals surface area contributed by atoms with Crippen LogP contribution < -0.4 is 5.32 Å². The summed E-state index contributed by atoms with van der Waals surface area (Å²) < 4.78 is 7.69. The third-order valence-electron chi connectivity index (χ3n) is 3.04. The van der Waals surface area contributed by atoms with Gasteiger partial charge in [-0.25, -0.2) is 15.0 Å². The fourth-order valence-electron chi connectivity index (χ4n) is 2.15. The standard InChI is InChI=1S/C11H15N5OS/c1-12-9-8-10(15-11(14-9)18-2)16(6-13-8)7-4-3-5-17-7/h6-7H,3-5H2,1-2H3,(H,12,14,15). The van der Waals surface area contributed by atoms with Crippen LogP contribution in [0.15, 0.2) is 11.5 Å². The van der Waals surface area contributed by atoms with Gasteiger partial charge in [0, 0.05) is 13.7 Å². The fourth-order valence-corrected chi connectivity index (χ4v) is 2.51. The minimum Gasteiger partial charge on any atom is -0.371 e. The summed E-state index contributed by atoms with van der Waals surface area (Å²) in [5, 5.41) is 3.81. The van der Waals surface area contributed by atoms with Gasteiger partial charge in [0.2, 0.25) is 0 Å². The molecule has 1 aliphatic rings. The average molecular weight is 265 g/mol. The lowest BCUT2D eigenvalue weighted by Crippen LogP contribution is -2.07. The van der Waals surface area contributed by atoms with Gasteiger partial charge in [-0.2, -0.15) is 0 Å². The molecule has 0 aliphatic carbocycles. The van der Waals surface area contributed by atoms with Gasteiger partial charge in [-0.15, -0.1) is 0 Å². The first-order valence-electron chi connectivity index (χ1n) is 5.91. The van der Waals surface area contributed by atoms with Gasteiger partial charge in [0.25, 0.3) is 0 Å². The number of nitrogens with one attached hydrogen (secondary N) is 1. The molecule has 1 unspecified atom stereocenters. The highest BCUT2D eigenvalue weighted by molar-refractivity contribution is 7.98. The Balaban J connectivity index is 2.15. The van der Waals surface area contributed by atoms with E-state index in [4.69, 9.17) is 4.74 Å². The number of hydrogen-bond donors (Lipinski definition) is 1. The zero-order valence-electron chi connectivity index (χ0n) is 10.4. The molecule has 3 heterocycles. The molecule has 1 atom stereocenters. The number of rotatable bonds is 3. The van der Waals surface area contributed by atoms with Crippen molar-refractivity contribution in [3.05, 3.63) is 6.33 Å². The number of thioether (sulfide) groups is 1. The van der Waals surface area contributed by atoms with Crippen LogP contribution in [0.2, 0.25) is 0 Å². The van der Waals surface area contributed by atoms with Crippen LogP contribution in [0.1, 0.15) is 19.1 Å². The first kappa shape index (κ1) is 11.7. The summed E-state index contributed by atoms with van der Waals surface area (Å²) >= 11 is 1.52. The molecule has 1 saturated heterocycles. The van der Waals surface area contributed by atoms with Crippen molar-refractivity contribution in [2.24, 2.45) is 0 Å². The molecule has 3 rings (SSSR count). The Hall–Kier alpha value is -1.34. The van der Waals surface area contributed by atoms with E-state index in [1.165, 1.54) is 11.8 Å². The highest BCUT2D eigenvalue weighted by Crippen LogP contribution is 2.29. The van der Waals surface area contributed by atoms with Gasteiger partial charge < -0.3 is 10.1 Å². The summed E-state index contributed by atoms with van der Waals surface area (Å²) in [5.41, 5.74) is 1.64. The third-order valence-corrected chi connectivity index (χ3v) is 3.58. The molecule has 96 valence electrons. The van der Waals surface area contributed by atoms with E-state index in [2.05, 4.69) is 20.3 Å². The van der Waals surface area contributed by atoms with E-state index in [1.807, 2.05) is 17.9 Å². The van der Waals surface area contributed by atoms with E-state index in [0.29, 0.717) is 0 Å². The van der Waals surface area contributed by atoms with Gasteiger partial charge in [0.05, 0.1) is 6.33 Å². The molecule has 6 nitrogen and oxygen atoms in total. The smallest absolute Gasteiger partial charge is 0.191 e. The molecule has 2 aromatic heterocycles. The minimum atomic E-state index is 0.0595. The lowest BCUT2D eigenvalue weighted by molar-refractivity contribution is 0.0592. The zero-order chi connectivity index (χ0) is 12.5. The largest absolute Gasteiger partial charge is 0.371 e. The quantitative estimate of drug-likeness (QED) is 0.675. The van der Waals surface area contributed by atoms with Crippen molar-refractivity contribution in [1.29, 1.82) is 0 Å². The van der Waals surface area contributed by atoms with E-state index in [-0.39, 0.29) is 6.23 Å². The topological polar surface area (TPSA) is 64.9 Å². The zero-order valence-corrected chi connectivity index (χ0v) is 11.2. The SMILES string of the molecule is CNc1nc(SC)nc2c1ncn2C1CCCO1. The van der Waals surface area contributed by atoms with Crippen molar-refractivity contribution in [3.8, 4) is 0 Å². The van der Waals surface area contributed by atoms with Crippen LogP contribution in [-0.4, -0.2) is 39.4 Å². The number of anilines is 1. The van der Waals surface area contributed by atoms with Crippen molar-refractivity contribution in [3.63, 3.8) is 0 Å². The Bertz CT molecular complexity index is 564. The number of hydrogen-bond acceptors (Lipinski definition) is 6. The summed E-state index contributed by atoms with van der Waals surface area (Å²) in [6.07, 6.45) is 5.92. The predicted octanol–water partition coefficient (Wildman–Crippen LogP) is 1.90. The molecule has 0 saturated carbocycles. The van der Waals surface area contributed by atoms with Crippen molar-refractivity contribution < 1.29 is 4.74 Å². The third kappa shape index (κ3) is 1.83. The summed E-state index contributed by atoms with van der Waals surface area (Å²) in [6.45, 7) is 0.809. The molecule has 0 bridgehead atoms. The molecule has 1 fully saturated rings. The monoisotopic (exact) mass is 265 g/mol. The highest BCUT2D eigenvalue weighted by atomic mass is 32.2. The van der Waals surface area contributed by atoms with Gasteiger partial charge >= 0.3 is 0 Å². The van der Waals surface area contributed by atoms with Gasteiger partial charge in [0.1, 0.15) is 6.23 Å². The Labute approximate surface area is 109 Å². The van der Waals surface area contributed by atoms with Gasteiger partial charge in [-0.05, 0) is 19.1 Å². The molecule has 2 aromatic rings. The molecular formula is C11H15N5OS. The maximum absolute atomic E-state index is 5.69. The van der Waals surface area contributed by atoms with Crippen LogP contribution in [0.4, 0.5) is 5.82 Å². The molecule has 1 N–H and O–H groups in total. The molecular weight excluding hydrogens is 250 g/mol. The van der Waals surface area contributed by atoms with E-state index in [0.717, 1.165) is 41.6 Å². The Morgan fingerprint density at radius 3 is 3.06 bits per heavy atom. The van der Waals surface area contributed by atoms with E-state index in [1.54, 1.807) is 6.33 Å². The molecule has 0 radical (unpaired) electrons. The van der Waals surface area contributed by atoms with Gasteiger partial charge in [-0.3, -0.25) is 4.57 Å². The van der Waals surface area contributed by atoms with Crippen LogP contribution in [0.25, 0.3) is 11.2 Å². The minimum absolute atomic E-state index is 0.0595. The molecule has 7 heteroatoms. The van der Waals surface area contributed by atoms with Crippen molar-refractivity contribution in [1.82, 2.24) is 19.5 Å². The Morgan fingerprint density at radius 1 is 1.50 bits per heavy atom. The lowest BCUT2D eigenvalue weighted by atomic mass is 10.3. The van der Waals surface area contributed by atoms with Gasteiger partial charge in [0.15, 0.2) is 22.1 Å². The number of aromatic nitrogens is 4. The number of ether oxygens (including phenoxy) is 1. The highest BCUT2D eigenvalue weighted by Gasteiger charge is 2.21. The molecule has 18 heavy (non-hydrogen) atoms. The number of fused-ring (bicyclic) bond motifs is 1. The Kier molecular flexibility index (Phi) is 3.09. The maximum atomic E-state index is 5.69. The number of nitrogens with zero attached hydrogens (tertiary/aromatic N) is 4. The molecule has 0 aromatic carbocycles. The predicted molar refractivity (Wildman–Crippen MR) is 70.9 cm³/mol. The van der Waals surface area contributed by atoms with E-state index < -0.39 is 0 Å². The normalized spacial score (nSPS) is 19.6. The van der Waals surface area contributed by atoms with Crippen LogP contribution >= 0.6 is 11.8 Å². The van der Waals surface area contributed by atoms with Crippen LogP contribution in [0, 0.1) is 0 Å². The van der Waals surface area contributed by atoms with Crippen molar-refractivity contribution in [2.75, 3.05) is 25.2 Å². The van der Waals surface area contributed by atoms with Crippen LogP contribution in [0.3, 0.4) is 0 Å². The number of imidazole rings is 1. The second-order valence-electron chi connectivity index (χ2n) is 4.10. The van der Waals surface area contributed by atoms with Gasteiger partial charge in [-0.1, -0.05) is 11.8 Å². The second-order valence-corrected chi connectivity index (χ2v) is 4.87. The van der Waals surface area contributed by atoms with E-state index in [9.17, 15) is 0 Å². The molecule has 0 amide bonds. The van der Waals surface area contributed by atoms with Crippen molar-refractivity contribution in [2.45, 2.75) is 24.2 Å². The lowest BCUT2D eigenvalue weighted by Gasteiger charge is -2.12. The fraction of sp³-hybridized carbons (Fsp3) is 0.545. The first-order chi connectivity index (χ1) is 8.83. The summed E-state index contributed by atoms with van der Waals surface area (Å²) in [4.78, 5) is 13.3. The summed E-state index contributed by atoms with van der Waals surface area (Å²) in [6, 6.07) is 0. The van der Waals surface area contributed by atoms with Crippen LogP contribution in [0.5, 0.6) is 0 Å². The first-order valence-corrected chi connectivity index (χ1v) is 7.14. The second kappa shape index (κ2) is 4.74. The molecule has 0 spiro atoms. The van der Waals surface area contributed by atoms with E-state index >= 15 is 0 Å². The van der Waals surface area contributed by atoms with Crippen LogP contribution in [-0.2, 0) is 4.74 Å². The summed E-state index contributed by atoms with van der Waals surface area (Å²) in [7, 11) is 1.84. The van der Waals surface area contributed by atoms with Crippen molar-refractivity contribution >= 4 is 28.7 Å². The molecule has 1 aliphatic heterocycles. The Morgan fingerprint density at radius 2 is 2.39 bits per heavy atom.